The third kappa shape index (κ3) is 2.96. The number of nitrogens with zero attached hydrogens (tertiary/aromatic N) is 1. The maximum atomic E-state index is 11.9. The molecule has 2 fully saturated rings. The Labute approximate surface area is 120 Å². The zero-order valence-corrected chi connectivity index (χ0v) is 11.9. The second kappa shape index (κ2) is 5.83. The van der Waals surface area contributed by atoms with E-state index in [1.807, 2.05) is 30.3 Å². The summed E-state index contributed by atoms with van der Waals surface area (Å²) in [5.74, 6) is 0. The van der Waals surface area contributed by atoms with E-state index in [1.54, 1.807) is 0 Å². The summed E-state index contributed by atoms with van der Waals surface area (Å²) in [7, 11) is 2.20. The highest BCUT2D eigenvalue weighted by atomic mass is 16.5. The quantitative estimate of drug-likeness (QED) is 0.921. The average molecular weight is 274 g/mol. The lowest BCUT2D eigenvalue weighted by atomic mass is 9.98. The van der Waals surface area contributed by atoms with E-state index in [1.165, 1.54) is 12.8 Å². The molecule has 2 unspecified atom stereocenters. The van der Waals surface area contributed by atoms with Gasteiger partial charge in [-0.1, -0.05) is 30.3 Å². The normalized spacial score (nSPS) is 29.1. The van der Waals surface area contributed by atoms with Crippen LogP contribution in [-0.4, -0.2) is 36.2 Å². The fraction of sp³-hybridized carbons (Fsp3) is 0.562. The first-order valence-electron chi connectivity index (χ1n) is 7.41. The van der Waals surface area contributed by atoms with Gasteiger partial charge in [-0.05, 0) is 38.3 Å². The summed E-state index contributed by atoms with van der Waals surface area (Å²) in [6.45, 7) is 0.339. The summed E-state index contributed by atoms with van der Waals surface area (Å²) < 4.78 is 5.28. The predicted octanol–water partition coefficient (Wildman–Crippen LogP) is 2.54. The lowest BCUT2D eigenvalue weighted by Gasteiger charge is -2.36. The molecule has 4 heteroatoms. The van der Waals surface area contributed by atoms with Crippen molar-refractivity contribution in [3.05, 3.63) is 35.9 Å². The Hall–Kier alpha value is -1.55. The molecule has 2 atom stereocenters. The van der Waals surface area contributed by atoms with Crippen molar-refractivity contribution >= 4 is 6.09 Å². The molecule has 4 nitrogen and oxygen atoms in total. The lowest BCUT2D eigenvalue weighted by Crippen LogP contribution is -2.48. The van der Waals surface area contributed by atoms with Crippen molar-refractivity contribution in [2.45, 2.75) is 50.4 Å². The van der Waals surface area contributed by atoms with Gasteiger partial charge in [-0.3, -0.25) is 0 Å². The van der Waals surface area contributed by atoms with Crippen LogP contribution in [0.3, 0.4) is 0 Å². The highest BCUT2D eigenvalue weighted by Crippen LogP contribution is 2.34. The number of amides is 1. The summed E-state index contributed by atoms with van der Waals surface area (Å²) in [6.07, 6.45) is 4.33. The molecule has 1 aromatic rings. The third-order valence-electron chi connectivity index (χ3n) is 4.63. The van der Waals surface area contributed by atoms with Crippen LogP contribution in [0, 0.1) is 0 Å². The van der Waals surface area contributed by atoms with E-state index in [0.717, 1.165) is 18.4 Å². The SMILES string of the molecule is CN1C2CCC1CC(NC(=O)OCc1ccccc1)C2. The maximum absolute atomic E-state index is 11.9. The second-order valence-electron chi connectivity index (χ2n) is 5.92. The van der Waals surface area contributed by atoms with Crippen LogP contribution in [0.25, 0.3) is 0 Å². The van der Waals surface area contributed by atoms with Gasteiger partial charge in [-0.2, -0.15) is 0 Å². The predicted molar refractivity (Wildman–Crippen MR) is 77.4 cm³/mol. The molecule has 2 saturated heterocycles. The van der Waals surface area contributed by atoms with E-state index in [2.05, 4.69) is 17.3 Å². The molecular formula is C16H22N2O2. The highest BCUT2D eigenvalue weighted by molar-refractivity contribution is 5.67. The minimum absolute atomic E-state index is 0.270. The third-order valence-corrected chi connectivity index (χ3v) is 4.63. The van der Waals surface area contributed by atoms with Gasteiger partial charge in [-0.15, -0.1) is 0 Å². The lowest BCUT2D eigenvalue weighted by molar-refractivity contribution is 0.115. The smallest absolute Gasteiger partial charge is 0.407 e. The molecular weight excluding hydrogens is 252 g/mol. The Balaban J connectivity index is 1.45. The Kier molecular flexibility index (Phi) is 3.92. The second-order valence-corrected chi connectivity index (χ2v) is 5.92. The average Bonchev–Trinajstić information content (AvgIpc) is 2.68. The summed E-state index contributed by atoms with van der Waals surface area (Å²) in [4.78, 5) is 14.3. The fourth-order valence-corrected chi connectivity index (χ4v) is 3.46. The minimum Gasteiger partial charge on any atom is -0.445 e. The van der Waals surface area contributed by atoms with Crippen molar-refractivity contribution < 1.29 is 9.53 Å². The number of carbonyl (C=O) groups excluding carboxylic acids is 1. The molecule has 0 radical (unpaired) electrons. The van der Waals surface area contributed by atoms with Crippen LogP contribution < -0.4 is 5.32 Å². The highest BCUT2D eigenvalue weighted by Gasteiger charge is 2.38. The van der Waals surface area contributed by atoms with Gasteiger partial charge >= 0.3 is 6.09 Å². The van der Waals surface area contributed by atoms with Crippen LogP contribution in [0.2, 0.25) is 0 Å². The molecule has 0 spiro atoms. The molecule has 1 amide bonds. The first-order chi connectivity index (χ1) is 9.72. The summed E-state index contributed by atoms with van der Waals surface area (Å²) in [5.41, 5.74) is 1.02. The Morgan fingerprint density at radius 2 is 1.90 bits per heavy atom. The van der Waals surface area contributed by atoms with E-state index < -0.39 is 0 Å². The van der Waals surface area contributed by atoms with Crippen LogP contribution in [-0.2, 0) is 11.3 Å². The standard InChI is InChI=1S/C16H22N2O2/c1-18-14-7-8-15(18)10-13(9-14)17-16(19)20-11-12-5-3-2-4-6-12/h2-6,13-15H,7-11H2,1H3,(H,17,19). The van der Waals surface area contributed by atoms with Crippen molar-refractivity contribution in [3.8, 4) is 0 Å². The molecule has 2 aliphatic heterocycles. The van der Waals surface area contributed by atoms with E-state index in [9.17, 15) is 4.79 Å². The molecule has 20 heavy (non-hydrogen) atoms. The Bertz CT molecular complexity index is 449. The molecule has 0 saturated carbocycles. The van der Waals surface area contributed by atoms with Gasteiger partial charge in [0.1, 0.15) is 6.61 Å². The van der Waals surface area contributed by atoms with Crippen molar-refractivity contribution in [1.29, 1.82) is 0 Å². The molecule has 2 aliphatic rings. The van der Waals surface area contributed by atoms with Gasteiger partial charge in [0.05, 0.1) is 0 Å². The number of rotatable bonds is 3. The van der Waals surface area contributed by atoms with E-state index in [4.69, 9.17) is 4.74 Å². The molecule has 2 heterocycles. The topological polar surface area (TPSA) is 41.6 Å². The zero-order chi connectivity index (χ0) is 13.9. The first kappa shape index (κ1) is 13.4. The number of carbonyl (C=O) groups is 1. The number of alkyl carbamates (subject to hydrolysis) is 1. The number of benzene rings is 1. The zero-order valence-electron chi connectivity index (χ0n) is 11.9. The van der Waals surface area contributed by atoms with E-state index in [0.29, 0.717) is 18.7 Å². The summed E-state index contributed by atoms with van der Waals surface area (Å²) in [6, 6.07) is 11.3. The van der Waals surface area contributed by atoms with Crippen LogP contribution in [0.4, 0.5) is 4.79 Å². The van der Waals surface area contributed by atoms with Gasteiger partial charge in [0.2, 0.25) is 0 Å². The van der Waals surface area contributed by atoms with Crippen LogP contribution in [0.1, 0.15) is 31.2 Å². The fourth-order valence-electron chi connectivity index (χ4n) is 3.46. The van der Waals surface area contributed by atoms with E-state index in [-0.39, 0.29) is 12.1 Å². The van der Waals surface area contributed by atoms with Gasteiger partial charge in [0.15, 0.2) is 0 Å². The molecule has 2 bridgehead atoms. The van der Waals surface area contributed by atoms with Gasteiger partial charge in [0, 0.05) is 18.1 Å². The summed E-state index contributed by atoms with van der Waals surface area (Å²) in [5, 5.41) is 3.02. The minimum atomic E-state index is -0.289. The number of ether oxygens (including phenoxy) is 1. The van der Waals surface area contributed by atoms with Gasteiger partial charge in [-0.25, -0.2) is 4.79 Å². The molecule has 0 aromatic heterocycles. The number of hydrogen-bond donors (Lipinski definition) is 1. The molecule has 108 valence electrons. The first-order valence-corrected chi connectivity index (χ1v) is 7.41. The van der Waals surface area contributed by atoms with Crippen molar-refractivity contribution in [3.63, 3.8) is 0 Å². The largest absolute Gasteiger partial charge is 0.445 e. The van der Waals surface area contributed by atoms with Gasteiger partial charge < -0.3 is 15.0 Å². The van der Waals surface area contributed by atoms with Gasteiger partial charge in [0.25, 0.3) is 0 Å². The molecule has 1 N–H and O–H groups in total. The number of fused-ring (bicyclic) bond motifs is 2. The maximum Gasteiger partial charge on any atom is 0.407 e. The number of nitrogens with one attached hydrogen (secondary N) is 1. The number of hydrogen-bond acceptors (Lipinski definition) is 3. The van der Waals surface area contributed by atoms with Crippen LogP contribution in [0.5, 0.6) is 0 Å². The Morgan fingerprint density at radius 3 is 2.55 bits per heavy atom. The van der Waals surface area contributed by atoms with Crippen molar-refractivity contribution in [2.24, 2.45) is 0 Å². The van der Waals surface area contributed by atoms with Crippen molar-refractivity contribution in [2.75, 3.05) is 7.05 Å². The molecule has 1 aromatic carbocycles. The van der Waals surface area contributed by atoms with E-state index >= 15 is 0 Å². The number of piperidine rings is 1. The molecule has 0 aliphatic carbocycles. The van der Waals surface area contributed by atoms with Crippen molar-refractivity contribution in [1.82, 2.24) is 10.2 Å². The van der Waals surface area contributed by atoms with Crippen LogP contribution in [0.15, 0.2) is 30.3 Å². The molecule has 3 rings (SSSR count). The Morgan fingerprint density at radius 1 is 1.25 bits per heavy atom. The van der Waals surface area contributed by atoms with Crippen LogP contribution >= 0.6 is 0 Å². The summed E-state index contributed by atoms with van der Waals surface area (Å²) >= 11 is 0. The monoisotopic (exact) mass is 274 g/mol.